The van der Waals surface area contributed by atoms with Crippen LogP contribution in [-0.2, 0) is 0 Å². The molecule has 1 aromatic heterocycles. The molecule has 0 bridgehead atoms. The fourth-order valence-electron chi connectivity index (χ4n) is 3.25. The Kier molecular flexibility index (Phi) is 5.95. The molecule has 1 aliphatic heterocycles. The lowest BCUT2D eigenvalue weighted by atomic mass is 10.1. The Hall–Kier alpha value is -1.07. The molecule has 1 unspecified atom stereocenters. The number of hydrogen-bond donors (Lipinski definition) is 2. The second kappa shape index (κ2) is 8.15. The summed E-state index contributed by atoms with van der Waals surface area (Å²) >= 11 is 1.82. The highest BCUT2D eigenvalue weighted by Gasteiger charge is 2.31. The molecule has 2 heterocycles. The van der Waals surface area contributed by atoms with E-state index < -0.39 is 0 Å². The number of likely N-dealkylation sites (tertiary alicyclic amines) is 1. The molecule has 2 aliphatic rings. The summed E-state index contributed by atoms with van der Waals surface area (Å²) in [5.41, 5.74) is 0. The molecule has 0 spiro atoms. The molecular weight excluding hydrogens is 304 g/mol. The Morgan fingerprint density at radius 2 is 2.13 bits per heavy atom. The standard InChI is InChI=1S/C18H30N4S/c1-3-19-18(20-13-14(2)17-5-4-12-23-17)21-15-8-10-22(11-9-15)16-6-7-16/h4-5,12,14-16H,3,6-11,13H2,1-2H3,(H2,19,20,21). The number of guanidine groups is 1. The minimum absolute atomic E-state index is 0.488. The SMILES string of the molecule is CCNC(=NCC(C)c1cccs1)NC1CCN(C2CC2)CC1. The van der Waals surface area contributed by atoms with Crippen LogP contribution in [0.3, 0.4) is 0 Å². The number of piperidine rings is 1. The molecule has 1 saturated carbocycles. The van der Waals surface area contributed by atoms with Gasteiger partial charge in [0.2, 0.25) is 0 Å². The van der Waals surface area contributed by atoms with Crippen LogP contribution in [0.5, 0.6) is 0 Å². The molecule has 3 rings (SSSR count). The fourth-order valence-corrected chi connectivity index (χ4v) is 4.03. The number of thiophene rings is 1. The van der Waals surface area contributed by atoms with Crippen molar-refractivity contribution >= 4 is 17.3 Å². The van der Waals surface area contributed by atoms with Gasteiger partial charge in [0, 0.05) is 42.5 Å². The molecule has 23 heavy (non-hydrogen) atoms. The van der Waals surface area contributed by atoms with Crippen molar-refractivity contribution in [3.05, 3.63) is 22.4 Å². The van der Waals surface area contributed by atoms with Gasteiger partial charge in [-0.25, -0.2) is 0 Å². The minimum Gasteiger partial charge on any atom is -0.357 e. The first-order valence-electron chi connectivity index (χ1n) is 9.08. The highest BCUT2D eigenvalue weighted by Crippen LogP contribution is 2.29. The lowest BCUT2D eigenvalue weighted by Gasteiger charge is -2.33. The molecule has 0 amide bonds. The van der Waals surface area contributed by atoms with Crippen molar-refractivity contribution in [3.63, 3.8) is 0 Å². The van der Waals surface area contributed by atoms with Crippen LogP contribution in [0, 0.1) is 0 Å². The Labute approximate surface area is 144 Å². The molecule has 1 aromatic rings. The number of aliphatic imine (C=N–C) groups is 1. The van der Waals surface area contributed by atoms with E-state index in [1.165, 1.54) is 43.6 Å². The van der Waals surface area contributed by atoms with Crippen LogP contribution >= 0.6 is 11.3 Å². The van der Waals surface area contributed by atoms with Gasteiger partial charge in [0.1, 0.15) is 0 Å². The highest BCUT2D eigenvalue weighted by atomic mass is 32.1. The average molecular weight is 335 g/mol. The van der Waals surface area contributed by atoms with Gasteiger partial charge in [0.05, 0.1) is 6.54 Å². The van der Waals surface area contributed by atoms with Crippen LogP contribution in [0.15, 0.2) is 22.5 Å². The van der Waals surface area contributed by atoms with Crippen LogP contribution in [-0.4, -0.2) is 49.1 Å². The summed E-state index contributed by atoms with van der Waals surface area (Å²) < 4.78 is 0. The van der Waals surface area contributed by atoms with E-state index in [9.17, 15) is 0 Å². The van der Waals surface area contributed by atoms with Gasteiger partial charge < -0.3 is 15.5 Å². The van der Waals surface area contributed by atoms with E-state index in [2.05, 4.69) is 46.9 Å². The van der Waals surface area contributed by atoms with Gasteiger partial charge in [-0.3, -0.25) is 4.99 Å². The lowest BCUT2D eigenvalue weighted by molar-refractivity contribution is 0.197. The molecule has 0 aromatic carbocycles. The van der Waals surface area contributed by atoms with E-state index >= 15 is 0 Å². The van der Waals surface area contributed by atoms with Gasteiger partial charge >= 0.3 is 0 Å². The molecule has 4 nitrogen and oxygen atoms in total. The van der Waals surface area contributed by atoms with Crippen LogP contribution in [0.1, 0.15) is 50.3 Å². The zero-order chi connectivity index (χ0) is 16.1. The summed E-state index contributed by atoms with van der Waals surface area (Å²) in [6.07, 6.45) is 5.31. The van der Waals surface area contributed by atoms with Crippen molar-refractivity contribution in [2.24, 2.45) is 4.99 Å². The summed E-state index contributed by atoms with van der Waals surface area (Å²) in [5, 5.41) is 9.20. The summed E-state index contributed by atoms with van der Waals surface area (Å²) in [6.45, 7) is 8.64. The number of nitrogens with zero attached hydrogens (tertiary/aromatic N) is 2. The first-order valence-corrected chi connectivity index (χ1v) is 9.96. The third-order valence-corrected chi connectivity index (χ3v) is 5.93. The summed E-state index contributed by atoms with van der Waals surface area (Å²) in [7, 11) is 0. The summed E-state index contributed by atoms with van der Waals surface area (Å²) in [6, 6.07) is 5.81. The topological polar surface area (TPSA) is 39.7 Å². The highest BCUT2D eigenvalue weighted by molar-refractivity contribution is 7.10. The number of nitrogens with one attached hydrogen (secondary N) is 2. The van der Waals surface area contributed by atoms with Gasteiger partial charge in [-0.2, -0.15) is 0 Å². The van der Waals surface area contributed by atoms with Crippen LogP contribution in [0.4, 0.5) is 0 Å². The van der Waals surface area contributed by atoms with E-state index in [-0.39, 0.29) is 0 Å². The Morgan fingerprint density at radius 3 is 2.74 bits per heavy atom. The van der Waals surface area contributed by atoms with Gasteiger partial charge in [0.25, 0.3) is 0 Å². The van der Waals surface area contributed by atoms with Crippen LogP contribution in [0.2, 0.25) is 0 Å². The Morgan fingerprint density at radius 1 is 1.35 bits per heavy atom. The van der Waals surface area contributed by atoms with Crippen molar-refractivity contribution < 1.29 is 0 Å². The lowest BCUT2D eigenvalue weighted by Crippen LogP contribution is -2.49. The van der Waals surface area contributed by atoms with E-state index in [1.54, 1.807) is 0 Å². The predicted octanol–water partition coefficient (Wildman–Crippen LogP) is 3.03. The predicted molar refractivity (Wildman–Crippen MR) is 99.5 cm³/mol. The van der Waals surface area contributed by atoms with Crippen molar-refractivity contribution in [1.82, 2.24) is 15.5 Å². The minimum atomic E-state index is 0.488. The van der Waals surface area contributed by atoms with Crippen LogP contribution < -0.4 is 10.6 Å². The Bertz CT molecular complexity index is 487. The summed E-state index contributed by atoms with van der Waals surface area (Å²) in [4.78, 5) is 8.90. The van der Waals surface area contributed by atoms with Crippen LogP contribution in [0.25, 0.3) is 0 Å². The second-order valence-corrected chi connectivity index (χ2v) is 7.80. The third kappa shape index (κ3) is 4.95. The smallest absolute Gasteiger partial charge is 0.191 e. The zero-order valence-electron chi connectivity index (χ0n) is 14.4. The monoisotopic (exact) mass is 334 g/mol. The molecular formula is C18H30N4S. The molecule has 1 saturated heterocycles. The largest absolute Gasteiger partial charge is 0.357 e. The molecule has 5 heteroatoms. The number of rotatable bonds is 6. The molecule has 1 atom stereocenters. The molecule has 2 fully saturated rings. The quantitative estimate of drug-likeness (QED) is 0.620. The average Bonchev–Trinajstić information content (AvgIpc) is 3.27. The Balaban J connectivity index is 1.48. The van der Waals surface area contributed by atoms with E-state index in [1.807, 2.05) is 11.3 Å². The molecule has 0 radical (unpaired) electrons. The maximum absolute atomic E-state index is 4.82. The van der Waals surface area contributed by atoms with Gasteiger partial charge in [0.15, 0.2) is 5.96 Å². The summed E-state index contributed by atoms with van der Waals surface area (Å²) in [5.74, 6) is 1.47. The third-order valence-electron chi connectivity index (χ3n) is 4.83. The first kappa shape index (κ1) is 16.8. The van der Waals surface area contributed by atoms with Gasteiger partial charge in [-0.1, -0.05) is 13.0 Å². The van der Waals surface area contributed by atoms with E-state index in [4.69, 9.17) is 4.99 Å². The van der Waals surface area contributed by atoms with Crippen molar-refractivity contribution in [1.29, 1.82) is 0 Å². The maximum atomic E-state index is 4.82. The molecule has 1 aliphatic carbocycles. The van der Waals surface area contributed by atoms with Gasteiger partial charge in [-0.15, -0.1) is 11.3 Å². The molecule has 128 valence electrons. The van der Waals surface area contributed by atoms with Crippen molar-refractivity contribution in [2.75, 3.05) is 26.2 Å². The fraction of sp³-hybridized carbons (Fsp3) is 0.722. The second-order valence-electron chi connectivity index (χ2n) is 6.82. The van der Waals surface area contributed by atoms with Crippen molar-refractivity contribution in [3.8, 4) is 0 Å². The maximum Gasteiger partial charge on any atom is 0.191 e. The van der Waals surface area contributed by atoms with Crippen molar-refractivity contribution in [2.45, 2.75) is 57.5 Å². The van der Waals surface area contributed by atoms with Gasteiger partial charge in [-0.05, 0) is 44.1 Å². The molecule has 2 N–H and O–H groups in total. The zero-order valence-corrected chi connectivity index (χ0v) is 15.2. The number of hydrogen-bond acceptors (Lipinski definition) is 3. The van der Waals surface area contributed by atoms with E-state index in [0.29, 0.717) is 12.0 Å². The van der Waals surface area contributed by atoms with E-state index in [0.717, 1.165) is 25.1 Å². The first-order chi connectivity index (χ1) is 11.3. The normalized spacial score (nSPS) is 22.1.